The van der Waals surface area contributed by atoms with Gasteiger partial charge in [0.15, 0.2) is 0 Å². The van der Waals surface area contributed by atoms with Crippen LogP contribution < -0.4 is 5.73 Å². The maximum absolute atomic E-state index is 6.55. The molecule has 1 heterocycles. The first kappa shape index (κ1) is 14.6. The van der Waals surface area contributed by atoms with E-state index in [9.17, 15) is 0 Å². The Bertz CT molecular complexity index is 420. The van der Waals surface area contributed by atoms with Gasteiger partial charge in [-0.05, 0) is 44.1 Å². The van der Waals surface area contributed by atoms with Crippen molar-refractivity contribution in [1.29, 1.82) is 0 Å². The molecule has 1 saturated carbocycles. The molecule has 108 valence electrons. The van der Waals surface area contributed by atoms with Gasteiger partial charge in [0.1, 0.15) is 0 Å². The molecule has 2 atom stereocenters. The average Bonchev–Trinajstić information content (AvgIpc) is 2.68. The highest BCUT2D eigenvalue weighted by atomic mass is 15.3. The van der Waals surface area contributed by atoms with E-state index in [2.05, 4.69) is 43.5 Å². The fourth-order valence-corrected chi connectivity index (χ4v) is 3.74. The number of aryl methyl sites for hydroxylation is 2. The van der Waals surface area contributed by atoms with Crippen LogP contribution in [0.3, 0.4) is 0 Å². The summed E-state index contributed by atoms with van der Waals surface area (Å²) in [5.41, 5.74) is 9.34. The monoisotopic (exact) mass is 263 g/mol. The Balaban J connectivity index is 2.09. The van der Waals surface area contributed by atoms with Gasteiger partial charge in [0.2, 0.25) is 0 Å². The molecule has 3 nitrogen and oxygen atoms in total. The zero-order valence-electron chi connectivity index (χ0n) is 12.9. The maximum Gasteiger partial charge on any atom is 0.0596 e. The number of hydrogen-bond acceptors (Lipinski definition) is 2. The summed E-state index contributed by atoms with van der Waals surface area (Å²) >= 11 is 0. The van der Waals surface area contributed by atoms with Crippen molar-refractivity contribution in [3.8, 4) is 0 Å². The Morgan fingerprint density at radius 1 is 1.47 bits per heavy atom. The largest absolute Gasteiger partial charge is 0.327 e. The summed E-state index contributed by atoms with van der Waals surface area (Å²) in [6.45, 7) is 9.92. The lowest BCUT2D eigenvalue weighted by molar-refractivity contribution is 0.112. The van der Waals surface area contributed by atoms with Crippen molar-refractivity contribution in [2.45, 2.75) is 72.4 Å². The standard InChI is InChI=1S/C16H29N3/c1-5-19-13(10-12(2)18-19)11-15(17)14-8-6-7-9-16(14,3)4/h10,14-15H,5-9,11,17H2,1-4H3. The summed E-state index contributed by atoms with van der Waals surface area (Å²) in [6, 6.07) is 2.45. The molecule has 1 aliphatic rings. The lowest BCUT2D eigenvalue weighted by Crippen LogP contribution is -2.43. The molecule has 2 unspecified atom stereocenters. The topological polar surface area (TPSA) is 43.8 Å². The molecule has 0 aromatic carbocycles. The molecular formula is C16H29N3. The van der Waals surface area contributed by atoms with Crippen molar-refractivity contribution in [1.82, 2.24) is 9.78 Å². The van der Waals surface area contributed by atoms with E-state index in [0.717, 1.165) is 18.7 Å². The summed E-state index contributed by atoms with van der Waals surface area (Å²) in [5.74, 6) is 0.641. The molecule has 0 saturated heterocycles. The van der Waals surface area contributed by atoms with Gasteiger partial charge in [-0.25, -0.2) is 0 Å². The summed E-state index contributed by atoms with van der Waals surface area (Å²) in [4.78, 5) is 0. The van der Waals surface area contributed by atoms with Crippen molar-refractivity contribution in [3.63, 3.8) is 0 Å². The van der Waals surface area contributed by atoms with Crippen LogP contribution in [0.25, 0.3) is 0 Å². The highest BCUT2D eigenvalue weighted by Crippen LogP contribution is 2.42. The van der Waals surface area contributed by atoms with E-state index in [1.54, 1.807) is 0 Å². The van der Waals surface area contributed by atoms with E-state index in [4.69, 9.17) is 5.73 Å². The molecule has 0 radical (unpaired) electrons. The quantitative estimate of drug-likeness (QED) is 0.906. The normalized spacial score (nSPS) is 24.4. The van der Waals surface area contributed by atoms with Crippen molar-refractivity contribution in [2.24, 2.45) is 17.1 Å². The Morgan fingerprint density at radius 2 is 2.21 bits per heavy atom. The van der Waals surface area contributed by atoms with Crippen LogP contribution in [0.5, 0.6) is 0 Å². The minimum absolute atomic E-state index is 0.261. The molecule has 0 aliphatic heterocycles. The van der Waals surface area contributed by atoms with Crippen molar-refractivity contribution < 1.29 is 0 Å². The molecule has 2 rings (SSSR count). The maximum atomic E-state index is 6.55. The van der Waals surface area contributed by atoms with Gasteiger partial charge in [0.05, 0.1) is 5.69 Å². The minimum atomic E-state index is 0.261. The third-order valence-electron chi connectivity index (χ3n) is 4.84. The number of nitrogens with zero attached hydrogens (tertiary/aromatic N) is 2. The van der Waals surface area contributed by atoms with E-state index < -0.39 is 0 Å². The first-order chi connectivity index (χ1) is 8.94. The lowest BCUT2D eigenvalue weighted by atomic mass is 9.65. The van der Waals surface area contributed by atoms with Crippen LogP contribution in [0.2, 0.25) is 0 Å². The van der Waals surface area contributed by atoms with E-state index >= 15 is 0 Å². The fraction of sp³-hybridized carbons (Fsp3) is 0.812. The Morgan fingerprint density at radius 3 is 2.84 bits per heavy atom. The average molecular weight is 263 g/mol. The van der Waals surface area contributed by atoms with Gasteiger partial charge in [-0.15, -0.1) is 0 Å². The molecule has 1 aliphatic carbocycles. The van der Waals surface area contributed by atoms with E-state index in [-0.39, 0.29) is 6.04 Å². The van der Waals surface area contributed by atoms with Crippen LogP contribution in [0, 0.1) is 18.3 Å². The summed E-state index contributed by atoms with van der Waals surface area (Å²) in [7, 11) is 0. The van der Waals surface area contributed by atoms with Crippen LogP contribution in [-0.4, -0.2) is 15.8 Å². The fourth-order valence-electron chi connectivity index (χ4n) is 3.74. The number of rotatable bonds is 4. The molecule has 2 N–H and O–H groups in total. The smallest absolute Gasteiger partial charge is 0.0596 e. The van der Waals surface area contributed by atoms with Crippen LogP contribution in [0.4, 0.5) is 0 Å². The predicted octanol–water partition coefficient (Wildman–Crippen LogP) is 3.30. The Labute approximate surface area is 117 Å². The van der Waals surface area contributed by atoms with Gasteiger partial charge in [-0.2, -0.15) is 5.10 Å². The third kappa shape index (κ3) is 3.19. The van der Waals surface area contributed by atoms with Gasteiger partial charge < -0.3 is 5.73 Å². The Kier molecular flexibility index (Phi) is 4.34. The molecule has 1 fully saturated rings. The first-order valence-electron chi connectivity index (χ1n) is 7.73. The van der Waals surface area contributed by atoms with E-state index in [0.29, 0.717) is 11.3 Å². The molecule has 3 heteroatoms. The Hall–Kier alpha value is -0.830. The summed E-state index contributed by atoms with van der Waals surface area (Å²) in [6.07, 6.45) is 6.27. The molecule has 1 aromatic rings. The zero-order valence-corrected chi connectivity index (χ0v) is 12.9. The van der Waals surface area contributed by atoms with Crippen LogP contribution in [0.15, 0.2) is 6.07 Å². The van der Waals surface area contributed by atoms with E-state index in [1.807, 2.05) is 0 Å². The van der Waals surface area contributed by atoms with Crippen molar-refractivity contribution >= 4 is 0 Å². The highest BCUT2D eigenvalue weighted by Gasteiger charge is 2.36. The molecule has 19 heavy (non-hydrogen) atoms. The third-order valence-corrected chi connectivity index (χ3v) is 4.84. The second-order valence-electron chi connectivity index (χ2n) is 6.80. The van der Waals surface area contributed by atoms with Gasteiger partial charge in [0, 0.05) is 24.7 Å². The predicted molar refractivity (Wildman–Crippen MR) is 80.1 cm³/mol. The van der Waals surface area contributed by atoms with Crippen molar-refractivity contribution in [2.75, 3.05) is 0 Å². The highest BCUT2D eigenvalue weighted by molar-refractivity contribution is 5.11. The van der Waals surface area contributed by atoms with Gasteiger partial charge in [-0.3, -0.25) is 4.68 Å². The first-order valence-corrected chi connectivity index (χ1v) is 7.73. The van der Waals surface area contributed by atoms with Crippen LogP contribution in [-0.2, 0) is 13.0 Å². The molecule has 0 amide bonds. The number of nitrogens with two attached hydrogens (primary N) is 1. The van der Waals surface area contributed by atoms with E-state index in [1.165, 1.54) is 31.4 Å². The summed E-state index contributed by atoms with van der Waals surface area (Å²) in [5, 5.41) is 4.52. The summed E-state index contributed by atoms with van der Waals surface area (Å²) < 4.78 is 2.10. The molecule has 1 aromatic heterocycles. The van der Waals surface area contributed by atoms with Gasteiger partial charge in [-0.1, -0.05) is 26.7 Å². The minimum Gasteiger partial charge on any atom is -0.327 e. The lowest BCUT2D eigenvalue weighted by Gasteiger charge is -2.42. The van der Waals surface area contributed by atoms with Crippen LogP contribution in [0.1, 0.15) is 57.8 Å². The second-order valence-corrected chi connectivity index (χ2v) is 6.80. The SMILES string of the molecule is CCn1nc(C)cc1CC(N)C1CCCCC1(C)C. The second kappa shape index (κ2) is 5.66. The molecule has 0 bridgehead atoms. The number of hydrogen-bond donors (Lipinski definition) is 1. The molecular weight excluding hydrogens is 234 g/mol. The van der Waals surface area contributed by atoms with Crippen molar-refractivity contribution in [3.05, 3.63) is 17.5 Å². The zero-order chi connectivity index (χ0) is 14.0. The van der Waals surface area contributed by atoms with Crippen LogP contribution >= 0.6 is 0 Å². The van der Waals surface area contributed by atoms with Gasteiger partial charge >= 0.3 is 0 Å². The molecule has 0 spiro atoms. The number of aromatic nitrogens is 2. The van der Waals surface area contributed by atoms with Gasteiger partial charge in [0.25, 0.3) is 0 Å².